The van der Waals surface area contributed by atoms with E-state index in [1.165, 1.54) is 12.8 Å². The van der Waals surface area contributed by atoms with Crippen LogP contribution in [0.2, 0.25) is 0 Å². The van der Waals surface area contributed by atoms with Crippen LogP contribution in [0.25, 0.3) is 6.08 Å². The largest absolute Gasteiger partial charge is 0.489 e. The van der Waals surface area contributed by atoms with E-state index in [1.54, 1.807) is 11.0 Å². The van der Waals surface area contributed by atoms with Crippen LogP contribution < -0.4 is 4.74 Å². The molecule has 2 fully saturated rings. The number of amides is 2. The highest BCUT2D eigenvalue weighted by molar-refractivity contribution is 5.92. The van der Waals surface area contributed by atoms with Gasteiger partial charge >= 0.3 is 0 Å². The molecule has 0 bridgehead atoms. The lowest BCUT2D eigenvalue weighted by atomic mass is 10.2. The molecule has 2 saturated heterocycles. The lowest BCUT2D eigenvalue weighted by Gasteiger charge is -2.24. The number of rotatable bonds is 8. The number of hydrogen-bond acceptors (Lipinski definition) is 4. The van der Waals surface area contributed by atoms with Gasteiger partial charge in [-0.05, 0) is 55.3 Å². The first-order valence-electron chi connectivity index (χ1n) is 11.9. The molecule has 0 saturated carbocycles. The maximum atomic E-state index is 12.7. The van der Waals surface area contributed by atoms with Crippen LogP contribution in [0.1, 0.15) is 30.4 Å². The van der Waals surface area contributed by atoms with Crippen LogP contribution in [0.4, 0.5) is 0 Å². The average molecular weight is 448 g/mol. The normalized spacial score (nSPS) is 17.5. The Morgan fingerprint density at radius 1 is 0.879 bits per heavy atom. The van der Waals surface area contributed by atoms with E-state index in [4.69, 9.17) is 4.74 Å². The van der Waals surface area contributed by atoms with Gasteiger partial charge in [-0.3, -0.25) is 9.59 Å². The Kier molecular flexibility index (Phi) is 8.14. The number of carbonyl (C=O) groups is 2. The molecule has 174 valence electrons. The van der Waals surface area contributed by atoms with Gasteiger partial charge < -0.3 is 19.4 Å². The Morgan fingerprint density at radius 2 is 1.64 bits per heavy atom. The molecule has 6 nitrogen and oxygen atoms in total. The van der Waals surface area contributed by atoms with Gasteiger partial charge in [-0.15, -0.1) is 0 Å². The van der Waals surface area contributed by atoms with Crippen LogP contribution in [0.5, 0.6) is 5.75 Å². The third-order valence-corrected chi connectivity index (χ3v) is 6.33. The number of hydrogen-bond donors (Lipinski definition) is 0. The van der Waals surface area contributed by atoms with Crippen molar-refractivity contribution in [2.45, 2.75) is 25.9 Å². The van der Waals surface area contributed by atoms with Crippen LogP contribution in [0.15, 0.2) is 60.7 Å². The number of ether oxygens (including phenoxy) is 1. The Hall–Kier alpha value is -3.12. The highest BCUT2D eigenvalue weighted by Crippen LogP contribution is 2.16. The molecule has 6 heteroatoms. The monoisotopic (exact) mass is 447 g/mol. The Bertz CT molecular complexity index is 937. The molecule has 2 aliphatic heterocycles. The van der Waals surface area contributed by atoms with Crippen LogP contribution >= 0.6 is 0 Å². The predicted molar refractivity (Wildman–Crippen MR) is 130 cm³/mol. The summed E-state index contributed by atoms with van der Waals surface area (Å²) in [6.45, 7) is 6.17. The quantitative estimate of drug-likeness (QED) is 0.582. The first-order valence-corrected chi connectivity index (χ1v) is 11.9. The predicted octanol–water partition coefficient (Wildman–Crippen LogP) is 3.44. The lowest BCUT2D eigenvalue weighted by molar-refractivity contribution is -0.130. The Labute approximate surface area is 196 Å². The molecule has 2 aromatic rings. The van der Waals surface area contributed by atoms with Crippen molar-refractivity contribution >= 4 is 17.9 Å². The van der Waals surface area contributed by atoms with Crippen LogP contribution in [0.3, 0.4) is 0 Å². The molecule has 2 aromatic carbocycles. The fourth-order valence-electron chi connectivity index (χ4n) is 4.28. The third kappa shape index (κ3) is 6.93. The van der Waals surface area contributed by atoms with E-state index in [9.17, 15) is 9.59 Å². The van der Waals surface area contributed by atoms with E-state index in [2.05, 4.69) is 4.90 Å². The zero-order valence-corrected chi connectivity index (χ0v) is 19.2. The molecule has 0 spiro atoms. The van der Waals surface area contributed by atoms with Crippen molar-refractivity contribution in [3.8, 4) is 5.75 Å². The van der Waals surface area contributed by atoms with E-state index >= 15 is 0 Å². The maximum absolute atomic E-state index is 12.7. The van der Waals surface area contributed by atoms with E-state index in [-0.39, 0.29) is 11.8 Å². The molecule has 33 heavy (non-hydrogen) atoms. The molecule has 0 aromatic heterocycles. The first kappa shape index (κ1) is 23.1. The first-order chi connectivity index (χ1) is 16.2. The maximum Gasteiger partial charge on any atom is 0.246 e. The molecule has 0 radical (unpaired) electrons. The molecular weight excluding hydrogens is 414 g/mol. The van der Waals surface area contributed by atoms with Crippen LogP contribution in [0, 0.1) is 0 Å². The Balaban J connectivity index is 1.24. The van der Waals surface area contributed by atoms with Gasteiger partial charge in [0.1, 0.15) is 12.4 Å². The molecule has 0 aliphatic carbocycles. The van der Waals surface area contributed by atoms with Gasteiger partial charge in [0.2, 0.25) is 11.8 Å². The average Bonchev–Trinajstić information content (AvgIpc) is 3.30. The zero-order valence-electron chi connectivity index (χ0n) is 19.2. The number of likely N-dealkylation sites (tertiary alicyclic amines) is 1. The molecule has 2 heterocycles. The fourth-order valence-corrected chi connectivity index (χ4v) is 4.28. The minimum absolute atomic E-state index is 0.0476. The highest BCUT2D eigenvalue weighted by atomic mass is 16.5. The lowest BCUT2D eigenvalue weighted by Crippen LogP contribution is -2.39. The SMILES string of the molecule is O=C(/C=C/c1ccc(OCc2ccccc2)cc1)N1CCC(=O)N(CCN2CCCC2)CC1. The minimum atomic E-state index is -0.0476. The van der Waals surface area contributed by atoms with Gasteiger partial charge in [0.05, 0.1) is 0 Å². The molecule has 0 unspecified atom stereocenters. The summed E-state index contributed by atoms with van der Waals surface area (Å²) in [6.07, 6.45) is 6.33. The molecule has 0 atom stereocenters. The summed E-state index contributed by atoms with van der Waals surface area (Å²) in [5.74, 6) is 0.899. The number of benzene rings is 2. The van der Waals surface area contributed by atoms with Crippen molar-refractivity contribution in [1.82, 2.24) is 14.7 Å². The van der Waals surface area contributed by atoms with E-state index < -0.39 is 0 Å². The smallest absolute Gasteiger partial charge is 0.246 e. The minimum Gasteiger partial charge on any atom is -0.489 e. The van der Waals surface area contributed by atoms with Crippen molar-refractivity contribution in [3.63, 3.8) is 0 Å². The Morgan fingerprint density at radius 3 is 2.39 bits per heavy atom. The van der Waals surface area contributed by atoms with Gasteiger partial charge in [0.15, 0.2) is 0 Å². The van der Waals surface area contributed by atoms with E-state index in [1.807, 2.05) is 65.6 Å². The summed E-state index contributed by atoms with van der Waals surface area (Å²) >= 11 is 0. The second-order valence-electron chi connectivity index (χ2n) is 8.68. The van der Waals surface area contributed by atoms with Crippen molar-refractivity contribution < 1.29 is 14.3 Å². The summed E-state index contributed by atoms with van der Waals surface area (Å²) in [5, 5.41) is 0. The van der Waals surface area contributed by atoms with Gasteiger partial charge in [-0.2, -0.15) is 0 Å². The van der Waals surface area contributed by atoms with Crippen LogP contribution in [-0.2, 0) is 16.2 Å². The molecule has 4 rings (SSSR count). The third-order valence-electron chi connectivity index (χ3n) is 6.33. The summed E-state index contributed by atoms with van der Waals surface area (Å²) < 4.78 is 5.82. The van der Waals surface area contributed by atoms with Gasteiger partial charge in [-0.25, -0.2) is 0 Å². The van der Waals surface area contributed by atoms with Crippen molar-refractivity contribution in [2.75, 3.05) is 45.8 Å². The summed E-state index contributed by atoms with van der Waals surface area (Å²) in [7, 11) is 0. The van der Waals surface area contributed by atoms with Crippen molar-refractivity contribution in [2.24, 2.45) is 0 Å². The van der Waals surface area contributed by atoms with Crippen LogP contribution in [-0.4, -0.2) is 72.3 Å². The number of nitrogens with zero attached hydrogens (tertiary/aromatic N) is 3. The molecular formula is C27H33N3O3. The molecule has 2 aliphatic rings. The summed E-state index contributed by atoms with van der Waals surface area (Å²) in [5.41, 5.74) is 2.06. The second-order valence-corrected chi connectivity index (χ2v) is 8.68. The highest BCUT2D eigenvalue weighted by Gasteiger charge is 2.23. The van der Waals surface area contributed by atoms with Crippen molar-refractivity contribution in [1.29, 1.82) is 0 Å². The number of carbonyl (C=O) groups excluding carboxylic acids is 2. The van der Waals surface area contributed by atoms with Crippen molar-refractivity contribution in [3.05, 3.63) is 71.8 Å². The van der Waals surface area contributed by atoms with Gasteiger partial charge in [0, 0.05) is 45.2 Å². The fraction of sp³-hybridized carbons (Fsp3) is 0.407. The molecule has 0 N–H and O–H groups in total. The summed E-state index contributed by atoms with van der Waals surface area (Å²) in [4.78, 5) is 31.3. The standard InChI is InChI=1S/C27H33N3O3/c31-26(29-17-14-27(32)30(21-20-29)19-18-28-15-4-5-16-28)13-10-23-8-11-25(12-9-23)33-22-24-6-2-1-3-7-24/h1-3,6-13H,4-5,14-22H2/b13-10+. The second kappa shape index (κ2) is 11.7. The summed E-state index contributed by atoms with van der Waals surface area (Å²) in [6, 6.07) is 17.8. The van der Waals surface area contributed by atoms with E-state index in [0.717, 1.165) is 43.1 Å². The zero-order chi connectivity index (χ0) is 22.9. The van der Waals surface area contributed by atoms with E-state index in [0.29, 0.717) is 32.7 Å². The van der Waals surface area contributed by atoms with Gasteiger partial charge in [0.25, 0.3) is 0 Å². The molecule has 2 amide bonds. The topological polar surface area (TPSA) is 53.1 Å². The van der Waals surface area contributed by atoms with Gasteiger partial charge in [-0.1, -0.05) is 42.5 Å².